The van der Waals surface area contributed by atoms with Crippen LogP contribution in [0.25, 0.3) is 16.9 Å². The lowest BCUT2D eigenvalue weighted by atomic mass is 10.2. The third-order valence-corrected chi connectivity index (χ3v) is 5.68. The predicted octanol–water partition coefficient (Wildman–Crippen LogP) is 2.48. The standard InChI is InChI=1S/C19H17N7O3S2/c1-2-29-17(28)8-13-10-30-18(21-13)22-16(27)11-31-19-24-23-15-6-5-14(25-26(15)19)12-4-3-7-20-9-12/h3-7,9-10H,2,8,11H2,1H3,(H,21,22,27). The third-order valence-electron chi connectivity index (χ3n) is 3.95. The summed E-state index contributed by atoms with van der Waals surface area (Å²) in [6, 6.07) is 7.41. The largest absolute Gasteiger partial charge is 0.466 e. The fraction of sp³-hybridized carbons (Fsp3) is 0.211. The second-order valence-electron chi connectivity index (χ2n) is 6.18. The van der Waals surface area contributed by atoms with Crippen LogP contribution in [0.1, 0.15) is 12.6 Å². The number of rotatable bonds is 8. The van der Waals surface area contributed by atoms with Crippen molar-refractivity contribution in [3.63, 3.8) is 0 Å². The second kappa shape index (κ2) is 9.62. The van der Waals surface area contributed by atoms with Gasteiger partial charge < -0.3 is 10.1 Å². The summed E-state index contributed by atoms with van der Waals surface area (Å²) in [5.41, 5.74) is 2.74. The van der Waals surface area contributed by atoms with Gasteiger partial charge in [-0.05, 0) is 31.2 Å². The lowest BCUT2D eigenvalue weighted by Gasteiger charge is -2.03. The molecule has 0 unspecified atom stereocenters. The van der Waals surface area contributed by atoms with E-state index < -0.39 is 0 Å². The number of nitrogens with one attached hydrogen (secondary N) is 1. The van der Waals surface area contributed by atoms with Crippen molar-refractivity contribution in [3.8, 4) is 11.3 Å². The van der Waals surface area contributed by atoms with E-state index in [4.69, 9.17) is 4.74 Å². The first-order chi connectivity index (χ1) is 15.1. The number of fused-ring (bicyclic) bond motifs is 1. The van der Waals surface area contributed by atoms with Gasteiger partial charge in [0.05, 0.1) is 30.2 Å². The molecule has 158 valence electrons. The number of hydrogen-bond donors (Lipinski definition) is 1. The molecular weight excluding hydrogens is 438 g/mol. The van der Waals surface area contributed by atoms with Crippen LogP contribution >= 0.6 is 23.1 Å². The molecule has 0 atom stereocenters. The van der Waals surface area contributed by atoms with Crippen molar-refractivity contribution in [2.45, 2.75) is 18.5 Å². The Morgan fingerprint density at radius 3 is 2.97 bits per heavy atom. The normalized spacial score (nSPS) is 10.9. The monoisotopic (exact) mass is 455 g/mol. The molecule has 0 fully saturated rings. The first kappa shape index (κ1) is 20.9. The maximum absolute atomic E-state index is 12.3. The highest BCUT2D eigenvalue weighted by molar-refractivity contribution is 7.99. The summed E-state index contributed by atoms with van der Waals surface area (Å²) in [7, 11) is 0. The van der Waals surface area contributed by atoms with Gasteiger partial charge in [-0.25, -0.2) is 4.98 Å². The summed E-state index contributed by atoms with van der Waals surface area (Å²) in [6.07, 6.45) is 3.50. The Hall–Kier alpha value is -3.38. The van der Waals surface area contributed by atoms with Crippen molar-refractivity contribution in [2.24, 2.45) is 0 Å². The van der Waals surface area contributed by atoms with Crippen LogP contribution in [-0.4, -0.2) is 54.0 Å². The highest BCUT2D eigenvalue weighted by Crippen LogP contribution is 2.21. The molecular formula is C19H17N7O3S2. The molecule has 4 rings (SSSR count). The van der Waals surface area contributed by atoms with E-state index in [0.29, 0.717) is 28.2 Å². The summed E-state index contributed by atoms with van der Waals surface area (Å²) < 4.78 is 6.50. The van der Waals surface area contributed by atoms with E-state index in [-0.39, 0.29) is 24.1 Å². The summed E-state index contributed by atoms with van der Waals surface area (Å²) in [5.74, 6) is -0.493. The predicted molar refractivity (Wildman–Crippen MR) is 116 cm³/mol. The molecule has 0 bridgehead atoms. The molecule has 0 aliphatic heterocycles. The Labute approximate surface area is 185 Å². The van der Waals surface area contributed by atoms with Crippen molar-refractivity contribution >= 4 is 45.8 Å². The van der Waals surface area contributed by atoms with Gasteiger partial charge in [0.1, 0.15) is 0 Å². The highest BCUT2D eigenvalue weighted by atomic mass is 32.2. The topological polar surface area (TPSA) is 124 Å². The van der Waals surface area contributed by atoms with Crippen molar-refractivity contribution < 1.29 is 14.3 Å². The summed E-state index contributed by atoms with van der Waals surface area (Å²) >= 11 is 2.47. The number of thioether (sulfide) groups is 1. The van der Waals surface area contributed by atoms with E-state index in [1.807, 2.05) is 24.3 Å². The van der Waals surface area contributed by atoms with Gasteiger partial charge >= 0.3 is 5.97 Å². The van der Waals surface area contributed by atoms with Gasteiger partial charge in [0.25, 0.3) is 0 Å². The number of nitrogens with zero attached hydrogens (tertiary/aromatic N) is 6. The van der Waals surface area contributed by atoms with Crippen molar-refractivity contribution in [1.82, 2.24) is 29.8 Å². The van der Waals surface area contributed by atoms with Crippen LogP contribution in [-0.2, 0) is 20.7 Å². The average Bonchev–Trinajstić information content (AvgIpc) is 3.39. The number of hydrogen-bond acceptors (Lipinski definition) is 10. The Morgan fingerprint density at radius 1 is 1.26 bits per heavy atom. The van der Waals surface area contributed by atoms with Crippen LogP contribution in [0, 0.1) is 0 Å². The SMILES string of the molecule is CCOC(=O)Cc1csc(NC(=O)CSc2nnc3ccc(-c4cccnc4)nn23)n1. The van der Waals surface area contributed by atoms with Gasteiger partial charge in [0.15, 0.2) is 10.8 Å². The number of pyridine rings is 1. The number of amides is 1. The minimum atomic E-state index is -0.349. The van der Waals surface area contributed by atoms with Crippen LogP contribution in [0.5, 0.6) is 0 Å². The third kappa shape index (κ3) is 5.22. The van der Waals surface area contributed by atoms with Crippen LogP contribution in [0.4, 0.5) is 5.13 Å². The molecule has 31 heavy (non-hydrogen) atoms. The molecule has 1 N–H and O–H groups in total. The number of carbonyl (C=O) groups is 2. The Bertz CT molecular complexity index is 1210. The molecule has 0 aliphatic carbocycles. The highest BCUT2D eigenvalue weighted by Gasteiger charge is 2.14. The maximum atomic E-state index is 12.3. The minimum Gasteiger partial charge on any atom is -0.466 e. The summed E-state index contributed by atoms with van der Waals surface area (Å²) in [4.78, 5) is 32.2. The summed E-state index contributed by atoms with van der Waals surface area (Å²) in [5, 5.41) is 18.1. The van der Waals surface area contributed by atoms with E-state index in [2.05, 4.69) is 30.6 Å². The second-order valence-corrected chi connectivity index (χ2v) is 7.98. The van der Waals surface area contributed by atoms with Gasteiger partial charge in [-0.15, -0.1) is 21.5 Å². The van der Waals surface area contributed by atoms with Crippen molar-refractivity contribution in [3.05, 3.63) is 47.7 Å². The zero-order valence-corrected chi connectivity index (χ0v) is 18.0. The molecule has 4 heterocycles. The molecule has 10 nitrogen and oxygen atoms in total. The van der Waals surface area contributed by atoms with E-state index in [9.17, 15) is 9.59 Å². The first-order valence-corrected chi connectivity index (χ1v) is 11.1. The molecule has 0 saturated heterocycles. The Kier molecular flexibility index (Phi) is 6.48. The number of carbonyl (C=O) groups excluding carboxylic acids is 2. The molecule has 0 spiro atoms. The van der Waals surface area contributed by atoms with E-state index in [1.54, 1.807) is 29.2 Å². The molecule has 0 radical (unpaired) electrons. The fourth-order valence-corrected chi connectivity index (χ4v) is 4.03. The maximum Gasteiger partial charge on any atom is 0.311 e. The van der Waals surface area contributed by atoms with E-state index >= 15 is 0 Å². The van der Waals surface area contributed by atoms with Crippen LogP contribution in [0.15, 0.2) is 47.2 Å². The van der Waals surface area contributed by atoms with Gasteiger partial charge in [-0.3, -0.25) is 14.6 Å². The number of aromatic nitrogens is 6. The quantitative estimate of drug-likeness (QED) is 0.315. The number of thiazole rings is 1. The molecule has 4 aromatic heterocycles. The smallest absolute Gasteiger partial charge is 0.311 e. The zero-order chi connectivity index (χ0) is 21.6. The Morgan fingerprint density at radius 2 is 2.16 bits per heavy atom. The minimum absolute atomic E-state index is 0.0750. The van der Waals surface area contributed by atoms with Crippen molar-refractivity contribution in [1.29, 1.82) is 0 Å². The van der Waals surface area contributed by atoms with Crippen LogP contribution < -0.4 is 5.32 Å². The van der Waals surface area contributed by atoms with Crippen molar-refractivity contribution in [2.75, 3.05) is 17.7 Å². The molecule has 1 amide bonds. The average molecular weight is 456 g/mol. The molecule has 0 saturated carbocycles. The lowest BCUT2D eigenvalue weighted by molar-refractivity contribution is -0.142. The van der Waals surface area contributed by atoms with Gasteiger partial charge in [0, 0.05) is 23.3 Å². The molecule has 0 aromatic carbocycles. The van der Waals surface area contributed by atoms with Gasteiger partial charge in [-0.1, -0.05) is 11.8 Å². The summed E-state index contributed by atoms with van der Waals surface area (Å²) in [6.45, 7) is 2.07. The molecule has 12 heteroatoms. The van der Waals surface area contributed by atoms with Gasteiger partial charge in [-0.2, -0.15) is 9.61 Å². The lowest BCUT2D eigenvalue weighted by Crippen LogP contribution is -2.14. The van der Waals surface area contributed by atoms with Crippen LogP contribution in [0.3, 0.4) is 0 Å². The Balaban J connectivity index is 1.38. The molecule has 0 aliphatic rings. The number of ether oxygens (including phenoxy) is 1. The molecule has 4 aromatic rings. The van der Waals surface area contributed by atoms with Crippen LogP contribution in [0.2, 0.25) is 0 Å². The fourth-order valence-electron chi connectivity index (χ4n) is 2.62. The van der Waals surface area contributed by atoms with E-state index in [1.165, 1.54) is 23.1 Å². The van der Waals surface area contributed by atoms with E-state index in [0.717, 1.165) is 11.3 Å². The first-order valence-electron chi connectivity index (χ1n) is 9.28. The number of anilines is 1. The van der Waals surface area contributed by atoms with Gasteiger partial charge in [0.2, 0.25) is 11.1 Å². The number of esters is 1. The zero-order valence-electron chi connectivity index (χ0n) is 16.4.